The van der Waals surface area contributed by atoms with Crippen LogP contribution in [0.2, 0.25) is 0 Å². The minimum absolute atomic E-state index is 0.274. The van der Waals surface area contributed by atoms with Crippen molar-refractivity contribution in [1.82, 2.24) is 30.2 Å². The number of aromatic nitrogens is 4. The third kappa shape index (κ3) is 5.28. The molecule has 3 aromatic carbocycles. The van der Waals surface area contributed by atoms with Crippen LogP contribution in [-0.2, 0) is 32.6 Å². The molecule has 6 heteroatoms. The summed E-state index contributed by atoms with van der Waals surface area (Å²) in [7, 11) is 0. The summed E-state index contributed by atoms with van der Waals surface area (Å²) in [5.74, 6) is 1.00. The third-order valence-electron chi connectivity index (χ3n) is 8.04. The standard InChI is InChI=1S/C34H34N6/c1-2-10-29-27(7-1)19-28(37-29)21-35-20-24-14-16-25(17-15-24)22-40(23-33-38-30-11-3-4-12-31(30)39-33)32-13-5-8-26-9-6-18-36-34(26)32/h1-4,6-7,9-12,14-19,32,35,37H,5,8,13,20-23H2,(H,38,39). The van der Waals surface area contributed by atoms with E-state index in [1.165, 1.54) is 45.4 Å². The molecule has 7 rings (SSSR count). The highest BCUT2D eigenvalue weighted by molar-refractivity contribution is 5.80. The van der Waals surface area contributed by atoms with Crippen molar-refractivity contribution in [2.24, 2.45) is 0 Å². The molecule has 3 aromatic heterocycles. The molecule has 0 aliphatic heterocycles. The van der Waals surface area contributed by atoms with Gasteiger partial charge in [-0.3, -0.25) is 9.88 Å². The van der Waals surface area contributed by atoms with E-state index in [-0.39, 0.29) is 6.04 Å². The fourth-order valence-corrected chi connectivity index (χ4v) is 6.06. The van der Waals surface area contributed by atoms with Crippen molar-refractivity contribution < 1.29 is 0 Å². The minimum Gasteiger partial charge on any atom is -0.357 e. The Labute approximate surface area is 234 Å². The minimum atomic E-state index is 0.274. The van der Waals surface area contributed by atoms with E-state index in [0.29, 0.717) is 0 Å². The molecular weight excluding hydrogens is 492 g/mol. The highest BCUT2D eigenvalue weighted by Gasteiger charge is 2.28. The summed E-state index contributed by atoms with van der Waals surface area (Å²) in [6.45, 7) is 3.25. The lowest BCUT2D eigenvalue weighted by atomic mass is 9.90. The van der Waals surface area contributed by atoms with E-state index in [1.54, 1.807) is 0 Å². The molecule has 1 aliphatic rings. The van der Waals surface area contributed by atoms with Crippen LogP contribution in [0, 0.1) is 0 Å². The summed E-state index contributed by atoms with van der Waals surface area (Å²) in [5.41, 5.74) is 9.69. The van der Waals surface area contributed by atoms with E-state index in [1.807, 2.05) is 12.3 Å². The number of pyridine rings is 1. The highest BCUT2D eigenvalue weighted by atomic mass is 15.2. The van der Waals surface area contributed by atoms with Crippen molar-refractivity contribution >= 4 is 21.9 Å². The van der Waals surface area contributed by atoms with Gasteiger partial charge in [-0.2, -0.15) is 0 Å². The molecule has 1 aliphatic carbocycles. The molecular formula is C34H34N6. The fourth-order valence-electron chi connectivity index (χ4n) is 6.06. The number of nitrogens with zero attached hydrogens (tertiary/aromatic N) is 3. The quantitative estimate of drug-likeness (QED) is 0.194. The number of fused-ring (bicyclic) bond motifs is 3. The zero-order valence-corrected chi connectivity index (χ0v) is 22.6. The predicted molar refractivity (Wildman–Crippen MR) is 161 cm³/mol. The van der Waals surface area contributed by atoms with Crippen LogP contribution in [0.25, 0.3) is 21.9 Å². The van der Waals surface area contributed by atoms with Gasteiger partial charge in [0.2, 0.25) is 0 Å². The SMILES string of the molecule is c1cnc2c(c1)CCCC2N(Cc1ccc(CNCc2cc3ccccc3[nH]2)cc1)Cc1nc2ccccc2[nH]1. The molecule has 0 bridgehead atoms. The van der Waals surface area contributed by atoms with Gasteiger partial charge in [-0.25, -0.2) is 4.98 Å². The largest absolute Gasteiger partial charge is 0.357 e. The zero-order chi connectivity index (χ0) is 26.7. The van der Waals surface area contributed by atoms with Crippen molar-refractivity contribution in [3.8, 4) is 0 Å². The van der Waals surface area contributed by atoms with Crippen molar-refractivity contribution in [2.75, 3.05) is 0 Å². The summed E-state index contributed by atoms with van der Waals surface area (Å²) in [6, 6.07) is 32.5. The number of nitrogens with one attached hydrogen (secondary N) is 3. The molecule has 0 amide bonds. The van der Waals surface area contributed by atoms with Crippen molar-refractivity contribution in [3.05, 3.63) is 131 Å². The first-order valence-electron chi connectivity index (χ1n) is 14.3. The molecule has 0 radical (unpaired) electrons. The summed E-state index contributed by atoms with van der Waals surface area (Å²) in [4.78, 5) is 19.3. The first-order valence-corrected chi connectivity index (χ1v) is 14.3. The Morgan fingerprint density at radius 1 is 0.800 bits per heavy atom. The molecule has 6 nitrogen and oxygen atoms in total. The van der Waals surface area contributed by atoms with E-state index >= 15 is 0 Å². The molecule has 40 heavy (non-hydrogen) atoms. The fraction of sp³-hybridized carbons (Fsp3) is 0.235. The van der Waals surface area contributed by atoms with Gasteiger partial charge in [0.05, 0.1) is 29.3 Å². The van der Waals surface area contributed by atoms with Crippen LogP contribution in [0.15, 0.2) is 97.2 Å². The normalized spacial score (nSPS) is 15.2. The molecule has 3 N–H and O–H groups in total. The van der Waals surface area contributed by atoms with Crippen LogP contribution < -0.4 is 5.32 Å². The summed E-state index contributed by atoms with van der Waals surface area (Å²) < 4.78 is 0. The number of rotatable bonds is 9. The lowest BCUT2D eigenvalue weighted by Gasteiger charge is -2.34. The lowest BCUT2D eigenvalue weighted by Crippen LogP contribution is -2.31. The van der Waals surface area contributed by atoms with Gasteiger partial charge in [0.25, 0.3) is 0 Å². The van der Waals surface area contributed by atoms with E-state index in [0.717, 1.165) is 55.9 Å². The highest BCUT2D eigenvalue weighted by Crippen LogP contribution is 2.34. The molecule has 0 spiro atoms. The Kier molecular flexibility index (Phi) is 6.86. The molecule has 3 heterocycles. The van der Waals surface area contributed by atoms with Crippen molar-refractivity contribution in [2.45, 2.75) is 51.5 Å². The number of para-hydroxylation sites is 3. The van der Waals surface area contributed by atoms with Gasteiger partial charge in [-0.15, -0.1) is 0 Å². The Hall–Kier alpha value is -4.26. The molecule has 200 valence electrons. The van der Waals surface area contributed by atoms with Crippen LogP contribution in [0.5, 0.6) is 0 Å². The third-order valence-corrected chi connectivity index (χ3v) is 8.04. The van der Waals surface area contributed by atoms with Gasteiger partial charge < -0.3 is 15.3 Å². The smallest absolute Gasteiger partial charge is 0.121 e. The topological polar surface area (TPSA) is 72.6 Å². The molecule has 6 aromatic rings. The van der Waals surface area contributed by atoms with Crippen LogP contribution in [0.1, 0.15) is 52.8 Å². The number of H-pyrrole nitrogens is 2. The Bertz CT molecular complexity index is 1660. The zero-order valence-electron chi connectivity index (χ0n) is 22.6. The van der Waals surface area contributed by atoms with Crippen LogP contribution in [0.4, 0.5) is 0 Å². The summed E-state index contributed by atoms with van der Waals surface area (Å²) in [5, 5.41) is 4.84. The van der Waals surface area contributed by atoms with Gasteiger partial charge in [0.15, 0.2) is 0 Å². The maximum absolute atomic E-state index is 4.90. The van der Waals surface area contributed by atoms with Crippen molar-refractivity contribution in [1.29, 1.82) is 0 Å². The first kappa shape index (κ1) is 24.8. The summed E-state index contributed by atoms with van der Waals surface area (Å²) in [6.07, 6.45) is 5.34. The maximum Gasteiger partial charge on any atom is 0.121 e. The van der Waals surface area contributed by atoms with Gasteiger partial charge in [0, 0.05) is 37.0 Å². The first-order chi connectivity index (χ1) is 19.8. The molecule has 1 unspecified atom stereocenters. The summed E-state index contributed by atoms with van der Waals surface area (Å²) >= 11 is 0. The van der Waals surface area contributed by atoms with Crippen LogP contribution in [0.3, 0.4) is 0 Å². The van der Waals surface area contributed by atoms with E-state index in [4.69, 9.17) is 9.97 Å². The second kappa shape index (κ2) is 11.1. The van der Waals surface area contributed by atoms with Gasteiger partial charge in [0.1, 0.15) is 5.82 Å². The average molecular weight is 527 g/mol. The number of imidazole rings is 1. The monoisotopic (exact) mass is 526 g/mol. The van der Waals surface area contributed by atoms with Crippen LogP contribution in [-0.4, -0.2) is 24.8 Å². The molecule has 1 atom stereocenters. The Balaban J connectivity index is 1.06. The lowest BCUT2D eigenvalue weighted by molar-refractivity contribution is 0.153. The maximum atomic E-state index is 4.90. The number of aromatic amines is 2. The number of benzene rings is 3. The van der Waals surface area contributed by atoms with Gasteiger partial charge in [-0.05, 0) is 71.7 Å². The van der Waals surface area contributed by atoms with Gasteiger partial charge >= 0.3 is 0 Å². The number of hydrogen-bond acceptors (Lipinski definition) is 4. The second-order valence-electron chi connectivity index (χ2n) is 10.9. The Morgan fingerprint density at radius 2 is 1.62 bits per heavy atom. The number of hydrogen-bond donors (Lipinski definition) is 3. The van der Waals surface area contributed by atoms with Gasteiger partial charge in [-0.1, -0.05) is 60.7 Å². The van der Waals surface area contributed by atoms with E-state index < -0.39 is 0 Å². The Morgan fingerprint density at radius 3 is 2.50 bits per heavy atom. The number of aryl methyl sites for hydroxylation is 1. The molecule has 0 saturated heterocycles. The van der Waals surface area contributed by atoms with Crippen molar-refractivity contribution in [3.63, 3.8) is 0 Å². The predicted octanol–water partition coefficient (Wildman–Crippen LogP) is 6.81. The molecule has 0 saturated carbocycles. The van der Waals surface area contributed by atoms with E-state index in [9.17, 15) is 0 Å². The van der Waals surface area contributed by atoms with E-state index in [2.05, 4.69) is 105 Å². The van der Waals surface area contributed by atoms with Crippen LogP contribution >= 0.6 is 0 Å². The molecule has 0 fully saturated rings. The second-order valence-corrected chi connectivity index (χ2v) is 10.9. The average Bonchev–Trinajstić information content (AvgIpc) is 3.60.